The van der Waals surface area contributed by atoms with Crippen molar-refractivity contribution in [3.05, 3.63) is 0 Å². The van der Waals surface area contributed by atoms with Gasteiger partial charge in [0, 0.05) is 12.6 Å². The van der Waals surface area contributed by atoms with Gasteiger partial charge in [0.15, 0.2) is 0 Å². The standard InChI is InChI=1S/C7H16N2.C2H6/c1-8-6-7-4-3-5-9(7)2;1-2/h7-8H,3-6H2,1-2H3;1-2H3/t7-;/m0./s1. The number of hydrogen-bond donors (Lipinski definition) is 1. The second-order valence-electron chi connectivity index (χ2n) is 2.83. The third-order valence-corrected chi connectivity index (χ3v) is 2.11. The van der Waals surface area contributed by atoms with Crippen molar-refractivity contribution in [2.45, 2.75) is 32.7 Å². The molecule has 2 heteroatoms. The van der Waals surface area contributed by atoms with Gasteiger partial charge >= 0.3 is 0 Å². The average molecular weight is 158 g/mol. The predicted octanol–water partition coefficient (Wildman–Crippen LogP) is 1.33. The van der Waals surface area contributed by atoms with E-state index in [4.69, 9.17) is 0 Å². The van der Waals surface area contributed by atoms with E-state index in [2.05, 4.69) is 17.3 Å². The first-order chi connectivity index (χ1) is 5.34. The Balaban J connectivity index is 0.000000461. The number of rotatable bonds is 2. The van der Waals surface area contributed by atoms with Crippen molar-refractivity contribution in [1.29, 1.82) is 0 Å². The van der Waals surface area contributed by atoms with Gasteiger partial charge in [-0.2, -0.15) is 0 Å². The number of likely N-dealkylation sites (tertiary alicyclic amines) is 1. The average Bonchev–Trinajstić information content (AvgIpc) is 2.42. The Morgan fingerprint density at radius 2 is 2.09 bits per heavy atom. The summed E-state index contributed by atoms with van der Waals surface area (Å²) in [7, 11) is 4.22. The molecule has 0 aromatic heterocycles. The topological polar surface area (TPSA) is 15.3 Å². The summed E-state index contributed by atoms with van der Waals surface area (Å²) >= 11 is 0. The molecule has 0 aromatic carbocycles. The van der Waals surface area contributed by atoms with Gasteiger partial charge in [-0.3, -0.25) is 0 Å². The van der Waals surface area contributed by atoms with Crippen LogP contribution < -0.4 is 5.32 Å². The molecule has 1 aliphatic heterocycles. The minimum Gasteiger partial charge on any atom is -0.318 e. The van der Waals surface area contributed by atoms with Crippen LogP contribution in [0.4, 0.5) is 0 Å². The lowest BCUT2D eigenvalue weighted by molar-refractivity contribution is 0.305. The van der Waals surface area contributed by atoms with Crippen LogP contribution in [0.3, 0.4) is 0 Å². The van der Waals surface area contributed by atoms with E-state index in [9.17, 15) is 0 Å². The molecule has 0 radical (unpaired) electrons. The van der Waals surface area contributed by atoms with Crippen molar-refractivity contribution in [2.24, 2.45) is 0 Å². The smallest absolute Gasteiger partial charge is 0.0217 e. The largest absolute Gasteiger partial charge is 0.318 e. The molecule has 1 rings (SSSR count). The highest BCUT2D eigenvalue weighted by atomic mass is 15.2. The van der Waals surface area contributed by atoms with E-state index in [1.165, 1.54) is 19.4 Å². The van der Waals surface area contributed by atoms with Crippen LogP contribution in [0.5, 0.6) is 0 Å². The van der Waals surface area contributed by atoms with Gasteiger partial charge in [0.05, 0.1) is 0 Å². The van der Waals surface area contributed by atoms with Crippen LogP contribution in [0, 0.1) is 0 Å². The van der Waals surface area contributed by atoms with Gasteiger partial charge in [0.25, 0.3) is 0 Å². The Bertz CT molecular complexity index is 83.6. The van der Waals surface area contributed by atoms with E-state index in [0.717, 1.165) is 12.6 Å². The normalized spacial score (nSPS) is 24.5. The highest BCUT2D eigenvalue weighted by Gasteiger charge is 2.18. The SMILES string of the molecule is CC.CNC[C@@H]1CCCN1C. The summed E-state index contributed by atoms with van der Waals surface area (Å²) in [6.45, 7) is 6.43. The fourth-order valence-corrected chi connectivity index (χ4v) is 1.47. The fourth-order valence-electron chi connectivity index (χ4n) is 1.47. The Hall–Kier alpha value is -0.0800. The summed E-state index contributed by atoms with van der Waals surface area (Å²) in [5.74, 6) is 0. The lowest BCUT2D eigenvalue weighted by Gasteiger charge is -2.18. The highest BCUT2D eigenvalue weighted by Crippen LogP contribution is 2.12. The molecule has 0 saturated carbocycles. The van der Waals surface area contributed by atoms with Crippen LogP contribution in [0.15, 0.2) is 0 Å². The van der Waals surface area contributed by atoms with Crippen LogP contribution in [0.25, 0.3) is 0 Å². The lowest BCUT2D eigenvalue weighted by Crippen LogP contribution is -2.33. The van der Waals surface area contributed by atoms with E-state index in [-0.39, 0.29) is 0 Å². The van der Waals surface area contributed by atoms with Crippen molar-refractivity contribution in [3.8, 4) is 0 Å². The van der Waals surface area contributed by atoms with E-state index < -0.39 is 0 Å². The Morgan fingerprint density at radius 1 is 1.45 bits per heavy atom. The van der Waals surface area contributed by atoms with Gasteiger partial charge in [-0.25, -0.2) is 0 Å². The molecule has 1 N–H and O–H groups in total. The highest BCUT2D eigenvalue weighted by molar-refractivity contribution is 4.77. The first-order valence-corrected chi connectivity index (χ1v) is 4.69. The molecule has 0 aliphatic carbocycles. The number of nitrogens with zero attached hydrogens (tertiary/aromatic N) is 1. The van der Waals surface area contributed by atoms with Crippen LogP contribution >= 0.6 is 0 Å². The predicted molar refractivity (Wildman–Crippen MR) is 50.9 cm³/mol. The molecule has 68 valence electrons. The maximum atomic E-state index is 3.20. The van der Waals surface area contributed by atoms with Crippen LogP contribution in [0.1, 0.15) is 26.7 Å². The monoisotopic (exact) mass is 158 g/mol. The van der Waals surface area contributed by atoms with Crippen molar-refractivity contribution >= 4 is 0 Å². The van der Waals surface area contributed by atoms with E-state index >= 15 is 0 Å². The van der Waals surface area contributed by atoms with Crippen LogP contribution in [-0.2, 0) is 0 Å². The van der Waals surface area contributed by atoms with Crippen molar-refractivity contribution in [3.63, 3.8) is 0 Å². The maximum Gasteiger partial charge on any atom is 0.0217 e. The minimum absolute atomic E-state index is 0.801. The molecule has 1 fully saturated rings. The zero-order valence-corrected chi connectivity index (χ0v) is 8.35. The van der Waals surface area contributed by atoms with Crippen molar-refractivity contribution in [2.75, 3.05) is 27.2 Å². The number of likely N-dealkylation sites (N-methyl/N-ethyl adjacent to an activating group) is 2. The summed E-state index contributed by atoms with van der Waals surface area (Å²) in [4.78, 5) is 2.43. The Morgan fingerprint density at radius 3 is 2.45 bits per heavy atom. The summed E-state index contributed by atoms with van der Waals surface area (Å²) in [6, 6.07) is 0.801. The first-order valence-electron chi connectivity index (χ1n) is 4.69. The van der Waals surface area contributed by atoms with Crippen molar-refractivity contribution < 1.29 is 0 Å². The second kappa shape index (κ2) is 6.62. The second-order valence-corrected chi connectivity index (χ2v) is 2.83. The molecule has 1 saturated heterocycles. The van der Waals surface area contributed by atoms with E-state index in [1.807, 2.05) is 20.9 Å². The molecule has 0 bridgehead atoms. The number of hydrogen-bond acceptors (Lipinski definition) is 2. The summed E-state index contributed by atoms with van der Waals surface area (Å²) in [5.41, 5.74) is 0. The molecule has 2 nitrogen and oxygen atoms in total. The lowest BCUT2D eigenvalue weighted by atomic mass is 10.2. The molecule has 1 atom stereocenters. The summed E-state index contributed by atoms with van der Waals surface area (Å²) in [5, 5.41) is 3.20. The summed E-state index contributed by atoms with van der Waals surface area (Å²) < 4.78 is 0. The van der Waals surface area contributed by atoms with Crippen LogP contribution in [0.2, 0.25) is 0 Å². The molecule has 0 amide bonds. The van der Waals surface area contributed by atoms with Gasteiger partial charge in [0.2, 0.25) is 0 Å². The van der Waals surface area contributed by atoms with Crippen molar-refractivity contribution in [1.82, 2.24) is 10.2 Å². The fraction of sp³-hybridized carbons (Fsp3) is 1.00. The Labute approximate surface area is 71.0 Å². The quantitative estimate of drug-likeness (QED) is 0.652. The molecule has 1 heterocycles. The third-order valence-electron chi connectivity index (χ3n) is 2.11. The molecule has 0 aromatic rings. The Kier molecular flexibility index (Phi) is 6.57. The van der Waals surface area contributed by atoms with Gasteiger partial charge < -0.3 is 10.2 Å². The maximum absolute atomic E-state index is 3.20. The summed E-state index contributed by atoms with van der Waals surface area (Å²) in [6.07, 6.45) is 2.75. The zero-order chi connectivity index (χ0) is 8.69. The molecule has 1 aliphatic rings. The minimum atomic E-state index is 0.801. The molecular weight excluding hydrogens is 136 g/mol. The molecule has 11 heavy (non-hydrogen) atoms. The van der Waals surface area contributed by atoms with Crippen LogP contribution in [-0.4, -0.2) is 38.1 Å². The third kappa shape index (κ3) is 3.73. The van der Waals surface area contributed by atoms with Gasteiger partial charge in [-0.1, -0.05) is 13.8 Å². The first kappa shape index (κ1) is 10.9. The van der Waals surface area contributed by atoms with Gasteiger partial charge in [-0.15, -0.1) is 0 Å². The van der Waals surface area contributed by atoms with Gasteiger partial charge in [-0.05, 0) is 33.5 Å². The molecular formula is C9H22N2. The zero-order valence-electron chi connectivity index (χ0n) is 8.35. The molecule has 0 unspecified atom stereocenters. The van der Waals surface area contributed by atoms with E-state index in [0.29, 0.717) is 0 Å². The van der Waals surface area contributed by atoms with Gasteiger partial charge in [0.1, 0.15) is 0 Å². The number of nitrogens with one attached hydrogen (secondary N) is 1. The van der Waals surface area contributed by atoms with E-state index in [1.54, 1.807) is 0 Å². The molecule has 0 spiro atoms.